The summed E-state index contributed by atoms with van der Waals surface area (Å²) in [5.74, 6) is 0.832. The Labute approximate surface area is 146 Å². The normalized spacial score (nSPS) is 13.8. The van der Waals surface area contributed by atoms with Crippen LogP contribution in [-0.2, 0) is 0 Å². The SMILES string of the molecule is CCCCN[CH](C(C)C)[Sn]([CH2]CCC)([CH2]CCC)[CH2]CCC. The van der Waals surface area contributed by atoms with Gasteiger partial charge in [0.2, 0.25) is 0 Å². The van der Waals surface area contributed by atoms with E-state index in [4.69, 9.17) is 0 Å². The monoisotopic (exact) mass is 419 g/mol. The maximum atomic E-state index is 4.08. The molecular formula is C20H45NSn. The molecule has 1 N–H and O–H groups in total. The van der Waals surface area contributed by atoms with Crippen LogP contribution in [0.5, 0.6) is 0 Å². The first kappa shape index (κ1) is 22.8. The Balaban J connectivity index is 5.17. The van der Waals surface area contributed by atoms with E-state index in [1.165, 1.54) is 57.9 Å². The summed E-state index contributed by atoms with van der Waals surface area (Å²) < 4.78 is 5.80. The van der Waals surface area contributed by atoms with Crippen molar-refractivity contribution in [1.82, 2.24) is 5.32 Å². The van der Waals surface area contributed by atoms with Gasteiger partial charge in [-0.15, -0.1) is 0 Å². The van der Waals surface area contributed by atoms with Gasteiger partial charge in [0.25, 0.3) is 0 Å². The second-order valence-corrected chi connectivity index (χ2v) is 21.5. The standard InChI is InChI=1S/C8H18N.3C4H9.Sn/c1-4-5-6-9-7-8(2)3;3*1-3-4-2;/h7-9H,4-6H2,1-3H3;3*1,3-4H2,2H3;. The van der Waals surface area contributed by atoms with E-state index in [1.807, 2.05) is 0 Å². The molecule has 0 aliphatic rings. The topological polar surface area (TPSA) is 12.0 Å². The molecule has 0 fully saturated rings. The van der Waals surface area contributed by atoms with E-state index >= 15 is 0 Å². The third kappa shape index (κ3) is 8.57. The van der Waals surface area contributed by atoms with E-state index in [0.717, 1.165) is 9.98 Å². The van der Waals surface area contributed by atoms with Gasteiger partial charge < -0.3 is 0 Å². The molecule has 2 heteroatoms. The fourth-order valence-corrected chi connectivity index (χ4v) is 23.6. The van der Waals surface area contributed by atoms with Gasteiger partial charge in [0.05, 0.1) is 0 Å². The predicted molar refractivity (Wildman–Crippen MR) is 106 cm³/mol. The Kier molecular flexibility index (Phi) is 14.6. The fraction of sp³-hybridized carbons (Fsp3) is 1.00. The van der Waals surface area contributed by atoms with Crippen molar-refractivity contribution in [2.75, 3.05) is 6.54 Å². The second kappa shape index (κ2) is 14.1. The van der Waals surface area contributed by atoms with Gasteiger partial charge in [-0.1, -0.05) is 0 Å². The summed E-state index contributed by atoms with van der Waals surface area (Å²) in [6, 6.07) is 0. The van der Waals surface area contributed by atoms with Crippen LogP contribution in [0.4, 0.5) is 0 Å². The summed E-state index contributed by atoms with van der Waals surface area (Å²) in [6.45, 7) is 15.7. The van der Waals surface area contributed by atoms with Crippen molar-refractivity contribution < 1.29 is 0 Å². The molecule has 0 rings (SSSR count). The van der Waals surface area contributed by atoms with Crippen LogP contribution >= 0.6 is 0 Å². The minimum atomic E-state index is -2.10. The quantitative estimate of drug-likeness (QED) is 0.228. The number of unbranched alkanes of at least 4 members (excludes halogenated alkanes) is 4. The Morgan fingerprint density at radius 2 is 1.09 bits per heavy atom. The van der Waals surface area contributed by atoms with Crippen LogP contribution in [0.1, 0.15) is 92.9 Å². The van der Waals surface area contributed by atoms with E-state index in [-0.39, 0.29) is 0 Å². The third-order valence-corrected chi connectivity index (χ3v) is 23.1. The molecule has 0 saturated heterocycles. The average Bonchev–Trinajstić information content (AvgIpc) is 2.51. The summed E-state index contributed by atoms with van der Waals surface area (Å²) in [5.41, 5.74) is 0. The minimum absolute atomic E-state index is 0.832. The van der Waals surface area contributed by atoms with E-state index in [1.54, 1.807) is 13.3 Å². The molecule has 0 aliphatic carbocycles. The molecule has 0 spiro atoms. The Morgan fingerprint density at radius 3 is 1.41 bits per heavy atom. The van der Waals surface area contributed by atoms with Gasteiger partial charge in [0.15, 0.2) is 0 Å². The zero-order valence-corrected chi connectivity index (χ0v) is 19.5. The third-order valence-electron chi connectivity index (χ3n) is 5.31. The molecule has 0 aromatic heterocycles. The first-order valence-electron chi connectivity index (χ1n) is 10.3. The van der Waals surface area contributed by atoms with Crippen molar-refractivity contribution in [3.63, 3.8) is 0 Å². The maximum absolute atomic E-state index is 4.08. The summed E-state index contributed by atoms with van der Waals surface area (Å²) in [6.07, 6.45) is 11.3. The number of rotatable bonds is 15. The van der Waals surface area contributed by atoms with Gasteiger partial charge in [-0.05, 0) is 0 Å². The molecule has 0 radical (unpaired) electrons. The molecule has 0 saturated carbocycles. The van der Waals surface area contributed by atoms with Crippen LogP contribution in [0.3, 0.4) is 0 Å². The van der Waals surface area contributed by atoms with Gasteiger partial charge >= 0.3 is 146 Å². The van der Waals surface area contributed by atoms with Crippen LogP contribution in [0, 0.1) is 5.92 Å². The summed E-state index contributed by atoms with van der Waals surface area (Å²) >= 11 is -2.10. The van der Waals surface area contributed by atoms with Crippen LogP contribution in [0.15, 0.2) is 0 Å². The van der Waals surface area contributed by atoms with E-state index in [2.05, 4.69) is 46.9 Å². The van der Waals surface area contributed by atoms with Gasteiger partial charge in [-0.3, -0.25) is 0 Å². The predicted octanol–water partition coefficient (Wildman–Crippen LogP) is 6.79. The zero-order valence-electron chi connectivity index (χ0n) is 16.6. The van der Waals surface area contributed by atoms with Crippen LogP contribution in [-0.4, -0.2) is 29.0 Å². The average molecular weight is 418 g/mol. The molecule has 0 aromatic rings. The van der Waals surface area contributed by atoms with Crippen molar-refractivity contribution in [1.29, 1.82) is 0 Å². The van der Waals surface area contributed by atoms with Gasteiger partial charge in [0, 0.05) is 0 Å². The molecule has 1 unspecified atom stereocenters. The summed E-state index contributed by atoms with van der Waals surface area (Å²) in [4.78, 5) is 0. The number of nitrogens with one attached hydrogen (secondary N) is 1. The van der Waals surface area contributed by atoms with E-state index < -0.39 is 18.4 Å². The number of hydrogen-bond donors (Lipinski definition) is 1. The van der Waals surface area contributed by atoms with Crippen molar-refractivity contribution >= 4 is 18.4 Å². The molecule has 134 valence electrons. The Hall–Kier alpha value is 0.759. The molecule has 1 atom stereocenters. The Morgan fingerprint density at radius 1 is 0.682 bits per heavy atom. The molecule has 1 nitrogen and oxygen atoms in total. The van der Waals surface area contributed by atoms with Gasteiger partial charge in [0.1, 0.15) is 0 Å². The fourth-order valence-electron chi connectivity index (χ4n) is 4.02. The van der Waals surface area contributed by atoms with Crippen molar-refractivity contribution in [2.45, 2.75) is 110 Å². The summed E-state index contributed by atoms with van der Waals surface area (Å²) in [7, 11) is 0. The molecule has 0 aromatic carbocycles. The Bertz CT molecular complexity index is 218. The number of hydrogen-bond acceptors (Lipinski definition) is 1. The van der Waals surface area contributed by atoms with Gasteiger partial charge in [-0.25, -0.2) is 0 Å². The van der Waals surface area contributed by atoms with Crippen LogP contribution in [0.25, 0.3) is 0 Å². The van der Waals surface area contributed by atoms with E-state index in [0.29, 0.717) is 0 Å². The van der Waals surface area contributed by atoms with Crippen LogP contribution in [0.2, 0.25) is 13.3 Å². The molecule has 0 bridgehead atoms. The van der Waals surface area contributed by atoms with Crippen LogP contribution < -0.4 is 5.32 Å². The molecule has 0 amide bonds. The molecular weight excluding hydrogens is 373 g/mol. The molecule has 0 heterocycles. The summed E-state index contributed by atoms with van der Waals surface area (Å²) in [5, 5.41) is 4.08. The molecule has 22 heavy (non-hydrogen) atoms. The van der Waals surface area contributed by atoms with E-state index in [9.17, 15) is 0 Å². The van der Waals surface area contributed by atoms with Crippen molar-refractivity contribution in [2.24, 2.45) is 5.92 Å². The first-order valence-corrected chi connectivity index (χ1v) is 18.0. The zero-order chi connectivity index (χ0) is 16.8. The van der Waals surface area contributed by atoms with Crippen molar-refractivity contribution in [3.05, 3.63) is 0 Å². The van der Waals surface area contributed by atoms with Crippen molar-refractivity contribution in [3.8, 4) is 0 Å². The van der Waals surface area contributed by atoms with Gasteiger partial charge in [-0.2, -0.15) is 0 Å². The molecule has 0 aliphatic heterocycles. The first-order chi connectivity index (χ1) is 10.6. The second-order valence-electron chi connectivity index (χ2n) is 7.70.